The maximum absolute atomic E-state index is 12.9. The van der Waals surface area contributed by atoms with Crippen molar-refractivity contribution >= 4 is 16.9 Å². The van der Waals surface area contributed by atoms with E-state index in [1.165, 1.54) is 0 Å². The van der Waals surface area contributed by atoms with Crippen LogP contribution in [0, 0.1) is 6.92 Å². The monoisotopic (exact) mass is 371 g/mol. The van der Waals surface area contributed by atoms with Gasteiger partial charge in [0, 0.05) is 31.1 Å². The predicted octanol–water partition coefficient (Wildman–Crippen LogP) is 2.35. The van der Waals surface area contributed by atoms with Crippen LogP contribution in [0.5, 0.6) is 0 Å². The number of carbonyl (C=O) groups is 1. The molecule has 1 atom stereocenters. The fraction of sp³-hybridized carbons (Fsp3) is 0.421. The predicted molar refractivity (Wildman–Crippen MR) is 95.3 cm³/mol. The van der Waals surface area contributed by atoms with Crippen LogP contribution in [0.15, 0.2) is 33.2 Å². The topological polar surface area (TPSA) is 90.8 Å². The Balaban J connectivity index is 1.43. The van der Waals surface area contributed by atoms with E-state index in [9.17, 15) is 4.79 Å². The van der Waals surface area contributed by atoms with Crippen LogP contribution in [0.25, 0.3) is 11.0 Å². The number of amides is 1. The zero-order valence-corrected chi connectivity index (χ0v) is 15.3. The molecule has 0 N–H and O–H groups in total. The largest absolute Gasteiger partial charge is 0.461 e. The number of benzene rings is 1. The van der Waals surface area contributed by atoms with E-state index >= 15 is 0 Å². The number of methoxy groups -OCH3 is 1. The van der Waals surface area contributed by atoms with E-state index in [1.54, 1.807) is 18.1 Å². The molecule has 8 nitrogen and oxygen atoms in total. The van der Waals surface area contributed by atoms with Gasteiger partial charge in [-0.2, -0.15) is 4.98 Å². The van der Waals surface area contributed by atoms with Crippen molar-refractivity contribution in [2.24, 2.45) is 0 Å². The Kier molecular flexibility index (Phi) is 4.91. The second-order valence-electron chi connectivity index (χ2n) is 6.60. The Bertz CT molecular complexity index is 948. The molecule has 1 unspecified atom stereocenters. The van der Waals surface area contributed by atoms with Gasteiger partial charge in [-0.3, -0.25) is 4.79 Å². The highest BCUT2D eigenvalue weighted by atomic mass is 16.5. The minimum Gasteiger partial charge on any atom is -0.461 e. The molecule has 1 saturated heterocycles. The quantitative estimate of drug-likeness (QED) is 0.680. The molecule has 1 amide bonds. The Labute approximate surface area is 156 Å². The zero-order valence-electron chi connectivity index (χ0n) is 15.3. The Morgan fingerprint density at radius 2 is 2.26 bits per heavy atom. The van der Waals surface area contributed by atoms with E-state index in [0.29, 0.717) is 50.0 Å². The summed E-state index contributed by atoms with van der Waals surface area (Å²) in [5.74, 6) is 1.79. The van der Waals surface area contributed by atoms with Crippen molar-refractivity contribution in [2.45, 2.75) is 26.1 Å². The summed E-state index contributed by atoms with van der Waals surface area (Å²) in [4.78, 5) is 19.0. The molecule has 0 spiro atoms. The molecule has 142 valence electrons. The first-order chi connectivity index (χ1) is 13.1. The average molecular weight is 371 g/mol. The van der Waals surface area contributed by atoms with Crippen LogP contribution in [0.2, 0.25) is 0 Å². The fourth-order valence-corrected chi connectivity index (χ4v) is 3.27. The number of rotatable bonds is 5. The van der Waals surface area contributed by atoms with Gasteiger partial charge in [0.25, 0.3) is 5.91 Å². The summed E-state index contributed by atoms with van der Waals surface area (Å²) in [6.07, 6.45) is 0.277. The van der Waals surface area contributed by atoms with E-state index in [0.717, 1.165) is 16.7 Å². The Hall–Kier alpha value is -2.71. The number of aryl methyl sites for hydroxylation is 1. The smallest absolute Gasteiger partial charge is 0.254 e. The molecule has 1 aliphatic heterocycles. The van der Waals surface area contributed by atoms with Gasteiger partial charge in [-0.15, -0.1) is 0 Å². The van der Waals surface area contributed by atoms with Crippen LogP contribution < -0.4 is 0 Å². The van der Waals surface area contributed by atoms with Crippen LogP contribution in [0.4, 0.5) is 0 Å². The van der Waals surface area contributed by atoms with E-state index in [-0.39, 0.29) is 12.0 Å². The maximum atomic E-state index is 12.9. The molecule has 0 saturated carbocycles. The third-order valence-corrected chi connectivity index (χ3v) is 4.50. The average Bonchev–Trinajstić information content (AvgIpc) is 3.26. The number of nitrogens with zero attached hydrogens (tertiary/aromatic N) is 3. The highest BCUT2D eigenvalue weighted by Gasteiger charge is 2.27. The SMILES string of the molecule is COCc1noc(CC2CN(C(=O)c3ccc4oc(C)cc4c3)CCO2)n1. The van der Waals surface area contributed by atoms with Gasteiger partial charge in [0.2, 0.25) is 5.89 Å². The highest BCUT2D eigenvalue weighted by Crippen LogP contribution is 2.22. The van der Waals surface area contributed by atoms with Crippen LogP contribution >= 0.6 is 0 Å². The van der Waals surface area contributed by atoms with E-state index < -0.39 is 0 Å². The molecular weight excluding hydrogens is 350 g/mol. The third-order valence-electron chi connectivity index (χ3n) is 4.50. The minimum absolute atomic E-state index is 0.0188. The lowest BCUT2D eigenvalue weighted by atomic mass is 10.1. The molecule has 3 aromatic rings. The number of hydrogen-bond acceptors (Lipinski definition) is 7. The van der Waals surface area contributed by atoms with Crippen molar-refractivity contribution in [3.63, 3.8) is 0 Å². The normalized spacial score (nSPS) is 17.6. The zero-order chi connectivity index (χ0) is 18.8. The molecule has 0 radical (unpaired) electrons. The Morgan fingerprint density at radius 3 is 3.11 bits per heavy atom. The lowest BCUT2D eigenvalue weighted by Crippen LogP contribution is -2.46. The lowest BCUT2D eigenvalue weighted by molar-refractivity contribution is -0.0237. The van der Waals surface area contributed by atoms with Crippen LogP contribution in [0.1, 0.15) is 27.8 Å². The third kappa shape index (κ3) is 3.86. The molecular formula is C19H21N3O5. The van der Waals surface area contributed by atoms with Gasteiger partial charge in [-0.25, -0.2) is 0 Å². The van der Waals surface area contributed by atoms with Gasteiger partial charge in [-0.05, 0) is 31.2 Å². The molecule has 0 bridgehead atoms. The summed E-state index contributed by atoms with van der Waals surface area (Å²) in [6, 6.07) is 7.44. The first-order valence-corrected chi connectivity index (χ1v) is 8.84. The molecule has 4 rings (SSSR count). The van der Waals surface area contributed by atoms with Crippen molar-refractivity contribution in [3.8, 4) is 0 Å². The summed E-state index contributed by atoms with van der Waals surface area (Å²) >= 11 is 0. The molecule has 1 fully saturated rings. The van der Waals surface area contributed by atoms with Gasteiger partial charge in [0.05, 0.1) is 19.1 Å². The summed E-state index contributed by atoms with van der Waals surface area (Å²) in [7, 11) is 1.58. The first-order valence-electron chi connectivity index (χ1n) is 8.84. The second-order valence-corrected chi connectivity index (χ2v) is 6.60. The summed E-state index contributed by atoms with van der Waals surface area (Å²) < 4.78 is 21.5. The molecule has 8 heteroatoms. The number of carbonyl (C=O) groups excluding carboxylic acids is 1. The van der Waals surface area contributed by atoms with Crippen molar-refractivity contribution in [1.29, 1.82) is 0 Å². The van der Waals surface area contributed by atoms with Gasteiger partial charge in [0.15, 0.2) is 5.82 Å². The van der Waals surface area contributed by atoms with Gasteiger partial charge in [-0.1, -0.05) is 5.16 Å². The van der Waals surface area contributed by atoms with Gasteiger partial charge in [0.1, 0.15) is 18.0 Å². The van der Waals surface area contributed by atoms with Crippen LogP contribution in [0.3, 0.4) is 0 Å². The van der Waals surface area contributed by atoms with Crippen LogP contribution in [-0.2, 0) is 22.5 Å². The number of hydrogen-bond donors (Lipinski definition) is 0. The molecule has 1 aromatic carbocycles. The molecule has 27 heavy (non-hydrogen) atoms. The number of fused-ring (bicyclic) bond motifs is 1. The molecule has 1 aliphatic rings. The van der Waals surface area contributed by atoms with Crippen molar-refractivity contribution in [3.05, 3.63) is 47.3 Å². The number of morpholine rings is 1. The van der Waals surface area contributed by atoms with E-state index in [1.807, 2.05) is 25.1 Å². The second kappa shape index (κ2) is 7.50. The van der Waals surface area contributed by atoms with Gasteiger partial charge < -0.3 is 23.3 Å². The Morgan fingerprint density at radius 1 is 1.37 bits per heavy atom. The number of furan rings is 1. The molecule has 0 aliphatic carbocycles. The van der Waals surface area contributed by atoms with E-state index in [2.05, 4.69) is 10.1 Å². The molecule has 3 heterocycles. The minimum atomic E-state index is -0.182. The van der Waals surface area contributed by atoms with E-state index in [4.69, 9.17) is 18.4 Å². The van der Waals surface area contributed by atoms with Crippen LogP contribution in [-0.4, -0.2) is 53.9 Å². The van der Waals surface area contributed by atoms with Gasteiger partial charge >= 0.3 is 0 Å². The summed E-state index contributed by atoms with van der Waals surface area (Å²) in [5, 5.41) is 4.78. The van der Waals surface area contributed by atoms with Crippen molar-refractivity contribution < 1.29 is 23.2 Å². The lowest BCUT2D eigenvalue weighted by Gasteiger charge is -2.32. The summed E-state index contributed by atoms with van der Waals surface area (Å²) in [5.41, 5.74) is 1.43. The molecule has 2 aromatic heterocycles. The maximum Gasteiger partial charge on any atom is 0.254 e. The first kappa shape index (κ1) is 17.7. The summed E-state index contributed by atoms with van der Waals surface area (Å²) in [6.45, 7) is 3.70. The number of aromatic nitrogens is 2. The fourth-order valence-electron chi connectivity index (χ4n) is 3.27. The standard InChI is InChI=1S/C19H21N3O5/c1-12-7-14-8-13(3-4-16(14)26-12)19(23)22-5-6-25-15(10-22)9-18-20-17(11-24-2)21-27-18/h3-4,7-8,15H,5-6,9-11H2,1-2H3. The van der Waals surface area contributed by atoms with Crippen molar-refractivity contribution in [1.82, 2.24) is 15.0 Å². The van der Waals surface area contributed by atoms with Crippen molar-refractivity contribution in [2.75, 3.05) is 26.8 Å². The number of ether oxygens (including phenoxy) is 2. The highest BCUT2D eigenvalue weighted by molar-refractivity contribution is 5.97.